The summed E-state index contributed by atoms with van der Waals surface area (Å²) in [4.78, 5) is 3.94. The summed E-state index contributed by atoms with van der Waals surface area (Å²) in [7, 11) is 0. The number of nitrogens with zero attached hydrogens (tertiary/aromatic N) is 1. The average Bonchev–Trinajstić information content (AvgIpc) is 2.31. The third-order valence-corrected chi connectivity index (χ3v) is 2.03. The first-order valence-electron chi connectivity index (χ1n) is 3.21. The number of hydrogen-bond acceptors (Lipinski definition) is 4. The van der Waals surface area contributed by atoms with E-state index < -0.39 is 0 Å². The lowest BCUT2D eigenvalue weighted by Crippen LogP contribution is -2.15. The van der Waals surface area contributed by atoms with Gasteiger partial charge in [0.1, 0.15) is 5.82 Å². The van der Waals surface area contributed by atoms with Crippen LogP contribution in [0.1, 0.15) is 6.92 Å². The zero-order chi connectivity index (χ0) is 8.27. The van der Waals surface area contributed by atoms with Crippen molar-refractivity contribution in [3.8, 4) is 0 Å². The molecule has 2 N–H and O–H groups in total. The van der Waals surface area contributed by atoms with Crippen molar-refractivity contribution in [2.45, 2.75) is 13.0 Å². The first-order valence-corrected chi connectivity index (χ1v) is 4.47. The molecule has 1 aromatic rings. The van der Waals surface area contributed by atoms with Gasteiger partial charge in [0.2, 0.25) is 0 Å². The maximum Gasteiger partial charge on any atom is 0.185 e. The van der Waals surface area contributed by atoms with E-state index in [1.165, 1.54) is 11.3 Å². The molecule has 0 spiro atoms. The predicted octanol–water partition coefficient (Wildman–Crippen LogP) is 1.59. The number of anilines is 1. The molecule has 1 unspecified atom stereocenters. The molecule has 0 amide bonds. The summed E-state index contributed by atoms with van der Waals surface area (Å²) in [5.74, 6) is 0.723. The van der Waals surface area contributed by atoms with Crippen LogP contribution in [0.3, 0.4) is 0 Å². The van der Waals surface area contributed by atoms with Crippen molar-refractivity contribution >= 4 is 28.8 Å². The largest absolute Gasteiger partial charge is 0.392 e. The number of aromatic nitrogens is 1. The van der Waals surface area contributed by atoms with E-state index in [-0.39, 0.29) is 6.10 Å². The van der Waals surface area contributed by atoms with Crippen LogP contribution >= 0.6 is 22.9 Å². The standard InChI is InChI=1S/C6H9ClN2OS/c1-4(10)2-8-5-3-11-6(7)9-5/h3-4,8,10H,2H2,1H3. The van der Waals surface area contributed by atoms with Crippen LogP contribution < -0.4 is 5.32 Å². The summed E-state index contributed by atoms with van der Waals surface area (Å²) in [6.07, 6.45) is -0.365. The minimum Gasteiger partial charge on any atom is -0.392 e. The lowest BCUT2D eigenvalue weighted by atomic mass is 10.4. The van der Waals surface area contributed by atoms with Crippen molar-refractivity contribution in [2.24, 2.45) is 0 Å². The van der Waals surface area contributed by atoms with Crippen LogP contribution in [-0.2, 0) is 0 Å². The van der Waals surface area contributed by atoms with Crippen LogP contribution in [0.5, 0.6) is 0 Å². The third kappa shape index (κ3) is 3.05. The van der Waals surface area contributed by atoms with Crippen LogP contribution in [-0.4, -0.2) is 22.7 Å². The Morgan fingerprint density at radius 1 is 1.91 bits per heavy atom. The van der Waals surface area contributed by atoms with Gasteiger partial charge in [-0.3, -0.25) is 0 Å². The average molecular weight is 193 g/mol. The molecule has 3 nitrogen and oxygen atoms in total. The molecule has 62 valence electrons. The Balaban J connectivity index is 2.39. The Labute approximate surface area is 74.0 Å². The Bertz CT molecular complexity index is 226. The third-order valence-electron chi connectivity index (χ3n) is 1.05. The Morgan fingerprint density at radius 2 is 2.64 bits per heavy atom. The second-order valence-corrected chi connectivity index (χ2v) is 3.66. The number of nitrogens with one attached hydrogen (secondary N) is 1. The molecule has 1 rings (SSSR count). The van der Waals surface area contributed by atoms with E-state index >= 15 is 0 Å². The highest BCUT2D eigenvalue weighted by Gasteiger charge is 1.99. The number of aliphatic hydroxyl groups is 1. The van der Waals surface area contributed by atoms with Crippen LogP contribution in [0, 0.1) is 0 Å². The van der Waals surface area contributed by atoms with Gasteiger partial charge in [-0.2, -0.15) is 0 Å². The number of halogens is 1. The summed E-state index contributed by atoms with van der Waals surface area (Å²) in [5.41, 5.74) is 0. The quantitative estimate of drug-likeness (QED) is 0.765. The van der Waals surface area contributed by atoms with Crippen molar-refractivity contribution in [3.63, 3.8) is 0 Å². The first kappa shape index (κ1) is 8.77. The Kier molecular flexibility index (Phi) is 3.11. The zero-order valence-electron chi connectivity index (χ0n) is 6.04. The molecule has 11 heavy (non-hydrogen) atoms. The second-order valence-electron chi connectivity index (χ2n) is 2.22. The van der Waals surface area contributed by atoms with Gasteiger partial charge < -0.3 is 10.4 Å². The van der Waals surface area contributed by atoms with Gasteiger partial charge in [-0.15, -0.1) is 11.3 Å². The van der Waals surface area contributed by atoms with Gasteiger partial charge in [0.05, 0.1) is 6.10 Å². The van der Waals surface area contributed by atoms with Gasteiger partial charge in [-0.25, -0.2) is 4.98 Å². The lowest BCUT2D eigenvalue weighted by molar-refractivity contribution is 0.208. The Hall–Kier alpha value is -0.320. The molecule has 0 saturated carbocycles. The molecule has 0 bridgehead atoms. The fourth-order valence-electron chi connectivity index (χ4n) is 0.585. The molecule has 0 fully saturated rings. The highest BCUT2D eigenvalue weighted by atomic mass is 35.5. The fourth-order valence-corrected chi connectivity index (χ4v) is 1.31. The van der Waals surface area contributed by atoms with Crippen molar-refractivity contribution in [2.75, 3.05) is 11.9 Å². The van der Waals surface area contributed by atoms with Gasteiger partial charge in [-0.05, 0) is 6.92 Å². The van der Waals surface area contributed by atoms with Gasteiger partial charge in [0.25, 0.3) is 0 Å². The number of thiazole rings is 1. The van der Waals surface area contributed by atoms with Gasteiger partial charge >= 0.3 is 0 Å². The molecule has 0 aliphatic heterocycles. The molecule has 5 heteroatoms. The molecule has 0 radical (unpaired) electrons. The van der Waals surface area contributed by atoms with Crippen molar-refractivity contribution in [3.05, 3.63) is 9.85 Å². The van der Waals surface area contributed by atoms with Crippen molar-refractivity contribution in [1.29, 1.82) is 0 Å². The van der Waals surface area contributed by atoms with E-state index in [1.807, 2.05) is 5.38 Å². The van der Waals surface area contributed by atoms with Gasteiger partial charge in [0, 0.05) is 11.9 Å². The summed E-state index contributed by atoms with van der Waals surface area (Å²) >= 11 is 6.95. The minimum atomic E-state index is -0.365. The minimum absolute atomic E-state index is 0.365. The van der Waals surface area contributed by atoms with Crippen molar-refractivity contribution < 1.29 is 5.11 Å². The van der Waals surface area contributed by atoms with Crippen molar-refractivity contribution in [1.82, 2.24) is 4.98 Å². The van der Waals surface area contributed by atoms with Crippen LogP contribution in [0.15, 0.2) is 5.38 Å². The van der Waals surface area contributed by atoms with Crippen LogP contribution in [0.25, 0.3) is 0 Å². The van der Waals surface area contributed by atoms with E-state index in [0.717, 1.165) is 5.82 Å². The Morgan fingerprint density at radius 3 is 3.09 bits per heavy atom. The van der Waals surface area contributed by atoms with E-state index in [9.17, 15) is 0 Å². The molecule has 1 heterocycles. The summed E-state index contributed by atoms with van der Waals surface area (Å²) in [6.45, 7) is 2.21. The smallest absolute Gasteiger partial charge is 0.185 e. The number of rotatable bonds is 3. The summed E-state index contributed by atoms with van der Waals surface area (Å²) in [5, 5.41) is 13.6. The number of aliphatic hydroxyl groups excluding tert-OH is 1. The molecular formula is C6H9ClN2OS. The monoisotopic (exact) mass is 192 g/mol. The molecule has 0 aliphatic carbocycles. The van der Waals surface area contributed by atoms with Gasteiger partial charge in [-0.1, -0.05) is 11.6 Å². The van der Waals surface area contributed by atoms with Crippen LogP contribution in [0.2, 0.25) is 4.47 Å². The normalized spacial score (nSPS) is 13.0. The van der Waals surface area contributed by atoms with Gasteiger partial charge in [0.15, 0.2) is 4.47 Å². The van der Waals surface area contributed by atoms with E-state index in [2.05, 4.69) is 10.3 Å². The molecule has 0 aromatic carbocycles. The number of hydrogen-bond donors (Lipinski definition) is 2. The maximum absolute atomic E-state index is 8.90. The highest BCUT2D eigenvalue weighted by molar-refractivity contribution is 7.14. The lowest BCUT2D eigenvalue weighted by Gasteiger charge is -2.03. The SMILES string of the molecule is CC(O)CNc1csc(Cl)n1. The van der Waals surface area contributed by atoms with E-state index in [4.69, 9.17) is 16.7 Å². The highest BCUT2D eigenvalue weighted by Crippen LogP contribution is 2.18. The predicted molar refractivity (Wildman–Crippen MR) is 47.3 cm³/mol. The van der Waals surface area contributed by atoms with Crippen LogP contribution in [0.4, 0.5) is 5.82 Å². The van der Waals surface area contributed by atoms with E-state index in [0.29, 0.717) is 11.0 Å². The molecule has 1 atom stereocenters. The zero-order valence-corrected chi connectivity index (χ0v) is 7.61. The molecule has 1 aromatic heterocycles. The fraction of sp³-hybridized carbons (Fsp3) is 0.500. The van der Waals surface area contributed by atoms with E-state index in [1.54, 1.807) is 6.92 Å². The molecular weight excluding hydrogens is 184 g/mol. The summed E-state index contributed by atoms with van der Waals surface area (Å²) in [6, 6.07) is 0. The molecule has 0 aliphatic rings. The maximum atomic E-state index is 8.90. The summed E-state index contributed by atoms with van der Waals surface area (Å²) < 4.78 is 0.512. The second kappa shape index (κ2) is 3.90. The first-order chi connectivity index (χ1) is 5.18. The topological polar surface area (TPSA) is 45.1 Å². The molecule has 0 saturated heterocycles.